The Labute approximate surface area is 140 Å². The van der Waals surface area contributed by atoms with E-state index in [-0.39, 0.29) is 11.3 Å². The summed E-state index contributed by atoms with van der Waals surface area (Å²) in [5.41, 5.74) is 3.11. The predicted octanol–water partition coefficient (Wildman–Crippen LogP) is 3.64. The van der Waals surface area contributed by atoms with E-state index in [2.05, 4.69) is 22.6 Å². The minimum atomic E-state index is -0.0145. The molecule has 0 unspecified atom stereocenters. The van der Waals surface area contributed by atoms with Gasteiger partial charge in [-0.3, -0.25) is 4.79 Å². The van der Waals surface area contributed by atoms with Crippen LogP contribution in [0.25, 0.3) is 10.9 Å². The Balaban J connectivity index is 1.57. The molecular weight excluding hydrogens is 300 g/mol. The number of amides is 1. The first kappa shape index (κ1) is 14.8. The predicted molar refractivity (Wildman–Crippen MR) is 94.5 cm³/mol. The molecule has 122 valence electrons. The number of hydrogen-bond acceptors (Lipinski definition) is 2. The van der Waals surface area contributed by atoms with Crippen LogP contribution in [0, 0.1) is 0 Å². The third kappa shape index (κ3) is 2.54. The molecule has 1 heterocycles. The van der Waals surface area contributed by atoms with Crippen LogP contribution in [0.4, 0.5) is 0 Å². The van der Waals surface area contributed by atoms with Crippen LogP contribution in [0.3, 0.4) is 0 Å². The van der Waals surface area contributed by atoms with Crippen LogP contribution >= 0.6 is 0 Å². The van der Waals surface area contributed by atoms with E-state index in [9.17, 15) is 4.79 Å². The van der Waals surface area contributed by atoms with Crippen molar-refractivity contribution in [3.05, 3.63) is 65.9 Å². The van der Waals surface area contributed by atoms with Gasteiger partial charge in [0, 0.05) is 34.6 Å². The molecule has 1 fully saturated rings. The summed E-state index contributed by atoms with van der Waals surface area (Å²) in [6.45, 7) is 0.658. The summed E-state index contributed by atoms with van der Waals surface area (Å²) < 4.78 is 5.35. The summed E-state index contributed by atoms with van der Waals surface area (Å²) in [5.74, 6) is 0.840. The van der Waals surface area contributed by atoms with Crippen molar-refractivity contribution in [2.75, 3.05) is 13.7 Å². The van der Waals surface area contributed by atoms with Crippen molar-refractivity contribution >= 4 is 16.8 Å². The zero-order chi connectivity index (χ0) is 16.6. The van der Waals surface area contributed by atoms with E-state index in [1.807, 2.05) is 42.5 Å². The topological polar surface area (TPSA) is 54.1 Å². The van der Waals surface area contributed by atoms with Crippen molar-refractivity contribution in [1.82, 2.24) is 10.3 Å². The Kier molecular flexibility index (Phi) is 3.53. The second-order valence-electron chi connectivity index (χ2n) is 6.44. The second kappa shape index (κ2) is 5.71. The summed E-state index contributed by atoms with van der Waals surface area (Å²) in [4.78, 5) is 15.7. The van der Waals surface area contributed by atoms with Gasteiger partial charge in [-0.2, -0.15) is 0 Å². The van der Waals surface area contributed by atoms with Gasteiger partial charge in [-0.15, -0.1) is 0 Å². The Morgan fingerprint density at radius 3 is 2.71 bits per heavy atom. The highest BCUT2D eigenvalue weighted by molar-refractivity contribution is 5.94. The summed E-state index contributed by atoms with van der Waals surface area (Å²) in [5, 5.41) is 4.28. The van der Waals surface area contributed by atoms with Crippen molar-refractivity contribution in [1.29, 1.82) is 0 Å². The lowest BCUT2D eigenvalue weighted by atomic mass is 9.95. The maximum atomic E-state index is 12.3. The fourth-order valence-electron chi connectivity index (χ4n) is 3.30. The number of ether oxygens (including phenoxy) is 1. The number of carbonyl (C=O) groups excluding carboxylic acids is 1. The average molecular weight is 320 g/mol. The highest BCUT2D eigenvalue weighted by Gasteiger charge is 2.45. The summed E-state index contributed by atoms with van der Waals surface area (Å²) in [6, 6.07) is 15.4. The van der Waals surface area contributed by atoms with E-state index in [0.717, 1.165) is 24.1 Å². The number of nitrogens with one attached hydrogen (secondary N) is 2. The van der Waals surface area contributed by atoms with Crippen LogP contribution in [-0.2, 0) is 5.41 Å². The van der Waals surface area contributed by atoms with E-state index in [1.54, 1.807) is 7.11 Å². The van der Waals surface area contributed by atoms with Gasteiger partial charge in [0.15, 0.2) is 0 Å². The number of rotatable bonds is 5. The first-order chi connectivity index (χ1) is 11.7. The quantitative estimate of drug-likeness (QED) is 0.754. The third-order valence-electron chi connectivity index (χ3n) is 4.94. The number of methoxy groups -OCH3 is 1. The minimum absolute atomic E-state index is 0.0145. The van der Waals surface area contributed by atoms with Crippen LogP contribution in [0.15, 0.2) is 54.7 Å². The lowest BCUT2D eigenvalue weighted by Crippen LogP contribution is -2.32. The summed E-state index contributed by atoms with van der Waals surface area (Å²) >= 11 is 0. The molecule has 2 N–H and O–H groups in total. The number of hydrogen-bond donors (Lipinski definition) is 2. The van der Waals surface area contributed by atoms with E-state index >= 15 is 0 Å². The zero-order valence-corrected chi connectivity index (χ0v) is 13.6. The van der Waals surface area contributed by atoms with Gasteiger partial charge in [0.25, 0.3) is 5.91 Å². The molecule has 0 bridgehead atoms. The SMILES string of the molecule is COc1ccc2[nH]cc(C3(CNC(=O)c4ccccc4)CC3)c2c1. The minimum Gasteiger partial charge on any atom is -0.497 e. The summed E-state index contributed by atoms with van der Waals surface area (Å²) in [6.07, 6.45) is 4.25. The standard InChI is InChI=1S/C20H20N2O2/c1-24-15-7-8-18-16(11-15)17(12-21-18)20(9-10-20)13-22-19(23)14-5-3-2-4-6-14/h2-8,11-12,21H,9-10,13H2,1H3,(H,22,23). The van der Waals surface area contributed by atoms with E-state index in [4.69, 9.17) is 4.74 Å². The number of carbonyl (C=O) groups is 1. The van der Waals surface area contributed by atoms with Crippen LogP contribution in [0.2, 0.25) is 0 Å². The van der Waals surface area contributed by atoms with Gasteiger partial charge in [-0.1, -0.05) is 18.2 Å². The van der Waals surface area contributed by atoms with Crippen molar-refractivity contribution in [2.24, 2.45) is 0 Å². The van der Waals surface area contributed by atoms with Crippen molar-refractivity contribution in [2.45, 2.75) is 18.3 Å². The zero-order valence-electron chi connectivity index (χ0n) is 13.6. The number of aromatic nitrogens is 1. The Hall–Kier alpha value is -2.75. The molecular formula is C20H20N2O2. The molecule has 0 radical (unpaired) electrons. The Morgan fingerprint density at radius 2 is 2.00 bits per heavy atom. The summed E-state index contributed by atoms with van der Waals surface area (Å²) in [7, 11) is 1.68. The lowest BCUT2D eigenvalue weighted by Gasteiger charge is -2.16. The van der Waals surface area contributed by atoms with Gasteiger partial charge >= 0.3 is 0 Å². The van der Waals surface area contributed by atoms with E-state index in [1.165, 1.54) is 10.9 Å². The number of fused-ring (bicyclic) bond motifs is 1. The van der Waals surface area contributed by atoms with E-state index in [0.29, 0.717) is 12.1 Å². The molecule has 3 aromatic rings. The molecule has 24 heavy (non-hydrogen) atoms. The van der Waals surface area contributed by atoms with Gasteiger partial charge in [-0.05, 0) is 48.7 Å². The lowest BCUT2D eigenvalue weighted by molar-refractivity contribution is 0.0949. The molecule has 1 aliphatic rings. The molecule has 1 saturated carbocycles. The highest BCUT2D eigenvalue weighted by atomic mass is 16.5. The molecule has 0 atom stereocenters. The Bertz CT molecular complexity index is 879. The number of H-pyrrole nitrogens is 1. The molecule has 1 amide bonds. The molecule has 4 nitrogen and oxygen atoms in total. The molecule has 2 aromatic carbocycles. The van der Waals surface area contributed by atoms with Gasteiger partial charge in [0.2, 0.25) is 0 Å². The van der Waals surface area contributed by atoms with E-state index < -0.39 is 0 Å². The van der Waals surface area contributed by atoms with Gasteiger partial charge in [0.05, 0.1) is 7.11 Å². The maximum absolute atomic E-state index is 12.3. The number of benzene rings is 2. The largest absolute Gasteiger partial charge is 0.497 e. The van der Waals surface area contributed by atoms with Crippen LogP contribution in [-0.4, -0.2) is 24.5 Å². The second-order valence-corrected chi connectivity index (χ2v) is 6.44. The normalized spacial score (nSPS) is 15.2. The maximum Gasteiger partial charge on any atom is 0.251 e. The van der Waals surface area contributed by atoms with Gasteiger partial charge < -0.3 is 15.0 Å². The van der Waals surface area contributed by atoms with Gasteiger partial charge in [0.1, 0.15) is 5.75 Å². The molecule has 0 spiro atoms. The smallest absolute Gasteiger partial charge is 0.251 e. The van der Waals surface area contributed by atoms with Crippen molar-refractivity contribution < 1.29 is 9.53 Å². The molecule has 4 heteroatoms. The first-order valence-corrected chi connectivity index (χ1v) is 8.21. The van der Waals surface area contributed by atoms with Crippen molar-refractivity contribution in [3.8, 4) is 5.75 Å². The van der Waals surface area contributed by atoms with Crippen LogP contribution in [0.1, 0.15) is 28.8 Å². The molecule has 0 saturated heterocycles. The highest BCUT2D eigenvalue weighted by Crippen LogP contribution is 2.50. The number of aromatic amines is 1. The molecule has 1 aliphatic carbocycles. The first-order valence-electron chi connectivity index (χ1n) is 8.21. The average Bonchev–Trinajstić information content (AvgIpc) is 3.30. The molecule has 0 aliphatic heterocycles. The Morgan fingerprint density at radius 1 is 1.21 bits per heavy atom. The fourth-order valence-corrected chi connectivity index (χ4v) is 3.30. The van der Waals surface area contributed by atoms with Gasteiger partial charge in [-0.25, -0.2) is 0 Å². The monoisotopic (exact) mass is 320 g/mol. The van der Waals surface area contributed by atoms with Crippen LogP contribution < -0.4 is 10.1 Å². The molecule has 4 rings (SSSR count). The van der Waals surface area contributed by atoms with Crippen LogP contribution in [0.5, 0.6) is 5.75 Å². The van der Waals surface area contributed by atoms with Crippen molar-refractivity contribution in [3.63, 3.8) is 0 Å². The fraction of sp³-hybridized carbons (Fsp3) is 0.250. The molecule has 1 aromatic heterocycles. The third-order valence-corrected chi connectivity index (χ3v) is 4.94.